The Labute approximate surface area is 112 Å². The third-order valence-electron chi connectivity index (χ3n) is 2.47. The summed E-state index contributed by atoms with van der Waals surface area (Å²) in [6.45, 7) is 0.165. The molecule has 2 heterocycles. The Morgan fingerprint density at radius 3 is 3.05 bits per heavy atom. The van der Waals surface area contributed by atoms with Crippen LogP contribution >= 0.6 is 11.3 Å². The van der Waals surface area contributed by atoms with Gasteiger partial charge in [0.1, 0.15) is 10.9 Å². The molecular weight excluding hydrogens is 266 g/mol. The topological polar surface area (TPSA) is 84.2 Å². The number of nitrogens with one attached hydrogen (secondary N) is 1. The van der Waals surface area contributed by atoms with Crippen LogP contribution in [0.2, 0.25) is 0 Å². The number of thiazole rings is 1. The minimum atomic E-state index is -0.308. The first-order valence-corrected chi connectivity index (χ1v) is 6.15. The van der Waals surface area contributed by atoms with Gasteiger partial charge < -0.3 is 9.47 Å². The van der Waals surface area contributed by atoms with Crippen LogP contribution in [0, 0.1) is 11.3 Å². The highest BCUT2D eigenvalue weighted by atomic mass is 32.1. The molecule has 0 bridgehead atoms. The maximum atomic E-state index is 12.0. The molecule has 2 aromatic rings. The van der Waals surface area contributed by atoms with E-state index in [0.29, 0.717) is 27.1 Å². The number of nitrogens with zero attached hydrogens (tertiary/aromatic N) is 2. The zero-order chi connectivity index (χ0) is 13.2. The molecular formula is C12H7N3O3S. The van der Waals surface area contributed by atoms with E-state index in [1.165, 1.54) is 6.20 Å². The Hall–Kier alpha value is -2.59. The summed E-state index contributed by atoms with van der Waals surface area (Å²) in [4.78, 5) is 16.4. The average molecular weight is 273 g/mol. The zero-order valence-electron chi connectivity index (χ0n) is 9.54. The van der Waals surface area contributed by atoms with Crippen LogP contribution in [-0.4, -0.2) is 17.7 Å². The van der Waals surface area contributed by atoms with Gasteiger partial charge in [0.2, 0.25) is 6.79 Å². The second kappa shape index (κ2) is 4.59. The Bertz CT molecular complexity index is 690. The largest absolute Gasteiger partial charge is 0.454 e. The lowest BCUT2D eigenvalue weighted by Gasteiger charge is -2.02. The number of fused-ring (bicyclic) bond motifs is 1. The summed E-state index contributed by atoms with van der Waals surface area (Å²) in [5.74, 6) is 0.860. The molecule has 3 rings (SSSR count). The fourth-order valence-electron chi connectivity index (χ4n) is 1.59. The molecule has 0 saturated heterocycles. The lowest BCUT2D eigenvalue weighted by atomic mass is 10.2. The first-order valence-electron chi connectivity index (χ1n) is 5.33. The normalized spacial score (nSPS) is 11.9. The van der Waals surface area contributed by atoms with Crippen molar-refractivity contribution in [3.05, 3.63) is 34.8 Å². The van der Waals surface area contributed by atoms with E-state index in [1.54, 1.807) is 18.2 Å². The van der Waals surface area contributed by atoms with Crippen molar-refractivity contribution in [1.82, 2.24) is 4.98 Å². The van der Waals surface area contributed by atoms with Crippen molar-refractivity contribution in [3.8, 4) is 17.6 Å². The molecule has 0 spiro atoms. The number of hydrogen-bond acceptors (Lipinski definition) is 6. The van der Waals surface area contributed by atoms with Crippen LogP contribution in [-0.2, 0) is 0 Å². The SMILES string of the molecule is N#Cc1cnc(NC(=O)c2ccc3c(c2)OCO3)s1. The van der Waals surface area contributed by atoms with Gasteiger partial charge in [-0.1, -0.05) is 11.3 Å². The van der Waals surface area contributed by atoms with Crippen molar-refractivity contribution in [3.63, 3.8) is 0 Å². The summed E-state index contributed by atoms with van der Waals surface area (Å²) in [5, 5.41) is 11.7. The van der Waals surface area contributed by atoms with E-state index in [4.69, 9.17) is 14.7 Å². The number of rotatable bonds is 2. The molecule has 1 amide bonds. The molecule has 7 heteroatoms. The zero-order valence-corrected chi connectivity index (χ0v) is 10.4. The lowest BCUT2D eigenvalue weighted by molar-refractivity contribution is 0.102. The van der Waals surface area contributed by atoms with E-state index in [1.807, 2.05) is 6.07 Å². The van der Waals surface area contributed by atoms with E-state index >= 15 is 0 Å². The van der Waals surface area contributed by atoms with Gasteiger partial charge in [0.25, 0.3) is 5.91 Å². The highest BCUT2D eigenvalue weighted by Gasteiger charge is 2.16. The number of nitriles is 1. The van der Waals surface area contributed by atoms with Crippen LogP contribution < -0.4 is 14.8 Å². The first kappa shape index (κ1) is 11.5. The average Bonchev–Trinajstić information content (AvgIpc) is 3.05. The summed E-state index contributed by atoms with van der Waals surface area (Å²) in [5.41, 5.74) is 0.443. The molecule has 0 radical (unpaired) electrons. The van der Waals surface area contributed by atoms with Gasteiger partial charge in [-0.25, -0.2) is 4.98 Å². The van der Waals surface area contributed by atoms with Crippen LogP contribution in [0.1, 0.15) is 15.2 Å². The number of aromatic nitrogens is 1. The maximum Gasteiger partial charge on any atom is 0.257 e. The molecule has 94 valence electrons. The van der Waals surface area contributed by atoms with Crippen LogP contribution in [0.15, 0.2) is 24.4 Å². The van der Waals surface area contributed by atoms with Crippen molar-refractivity contribution < 1.29 is 14.3 Å². The lowest BCUT2D eigenvalue weighted by Crippen LogP contribution is -2.11. The van der Waals surface area contributed by atoms with Crippen molar-refractivity contribution in [1.29, 1.82) is 5.26 Å². The number of carbonyl (C=O) groups excluding carboxylic acids is 1. The molecule has 0 atom stereocenters. The molecule has 1 aliphatic rings. The van der Waals surface area contributed by atoms with Crippen LogP contribution in [0.5, 0.6) is 11.5 Å². The quantitative estimate of drug-likeness (QED) is 0.904. The third kappa shape index (κ3) is 2.21. The Morgan fingerprint density at radius 1 is 1.42 bits per heavy atom. The molecule has 1 aliphatic heterocycles. The number of anilines is 1. The van der Waals surface area contributed by atoms with E-state index < -0.39 is 0 Å². The van der Waals surface area contributed by atoms with Gasteiger partial charge in [-0.15, -0.1) is 0 Å². The van der Waals surface area contributed by atoms with E-state index in [2.05, 4.69) is 10.3 Å². The monoisotopic (exact) mass is 273 g/mol. The minimum Gasteiger partial charge on any atom is -0.454 e. The molecule has 1 N–H and O–H groups in total. The van der Waals surface area contributed by atoms with Crippen molar-refractivity contribution in [2.75, 3.05) is 12.1 Å². The summed E-state index contributed by atoms with van der Waals surface area (Å²) >= 11 is 1.12. The molecule has 0 fully saturated rings. The first-order chi connectivity index (χ1) is 9.26. The van der Waals surface area contributed by atoms with Crippen molar-refractivity contribution in [2.45, 2.75) is 0 Å². The van der Waals surface area contributed by atoms with Crippen LogP contribution in [0.3, 0.4) is 0 Å². The highest BCUT2D eigenvalue weighted by molar-refractivity contribution is 7.16. The second-order valence-electron chi connectivity index (χ2n) is 3.66. The summed E-state index contributed by atoms with van der Waals surface area (Å²) in [6, 6.07) is 6.89. The molecule has 0 aliphatic carbocycles. The smallest absolute Gasteiger partial charge is 0.257 e. The van der Waals surface area contributed by atoms with Gasteiger partial charge in [-0.05, 0) is 18.2 Å². The Balaban J connectivity index is 1.79. The summed E-state index contributed by atoms with van der Waals surface area (Å²) in [6.07, 6.45) is 1.42. The van der Waals surface area contributed by atoms with E-state index in [9.17, 15) is 4.79 Å². The van der Waals surface area contributed by atoms with E-state index in [-0.39, 0.29) is 12.7 Å². The predicted molar refractivity (Wildman–Crippen MR) is 67.3 cm³/mol. The fourth-order valence-corrected chi connectivity index (χ4v) is 2.20. The molecule has 0 unspecified atom stereocenters. The molecule has 1 aromatic carbocycles. The molecule has 19 heavy (non-hydrogen) atoms. The third-order valence-corrected chi connectivity index (χ3v) is 3.29. The number of amides is 1. The van der Waals surface area contributed by atoms with Gasteiger partial charge in [-0.2, -0.15) is 5.26 Å². The molecule has 6 nitrogen and oxygen atoms in total. The standard InChI is InChI=1S/C12H7N3O3S/c13-4-8-5-14-12(19-8)15-11(16)7-1-2-9-10(3-7)18-6-17-9/h1-3,5H,6H2,(H,14,15,16). The molecule has 1 aromatic heterocycles. The Kier molecular flexibility index (Phi) is 2.78. The number of hydrogen-bond donors (Lipinski definition) is 1. The summed E-state index contributed by atoms with van der Waals surface area (Å²) < 4.78 is 10.4. The predicted octanol–water partition coefficient (Wildman–Crippen LogP) is 2.00. The second-order valence-corrected chi connectivity index (χ2v) is 4.69. The molecule has 0 saturated carbocycles. The van der Waals surface area contributed by atoms with Gasteiger partial charge in [0.05, 0.1) is 6.20 Å². The van der Waals surface area contributed by atoms with Crippen LogP contribution in [0.25, 0.3) is 0 Å². The van der Waals surface area contributed by atoms with Crippen molar-refractivity contribution >= 4 is 22.4 Å². The van der Waals surface area contributed by atoms with E-state index in [0.717, 1.165) is 11.3 Å². The van der Waals surface area contributed by atoms with Gasteiger partial charge in [0.15, 0.2) is 16.6 Å². The fraction of sp³-hybridized carbons (Fsp3) is 0.0833. The number of carbonyl (C=O) groups is 1. The van der Waals surface area contributed by atoms with Gasteiger partial charge in [0, 0.05) is 5.56 Å². The highest BCUT2D eigenvalue weighted by Crippen LogP contribution is 2.32. The number of ether oxygens (including phenoxy) is 2. The summed E-state index contributed by atoms with van der Waals surface area (Å²) in [7, 11) is 0. The Morgan fingerprint density at radius 2 is 2.26 bits per heavy atom. The number of benzene rings is 1. The van der Waals surface area contributed by atoms with Gasteiger partial charge >= 0.3 is 0 Å². The van der Waals surface area contributed by atoms with Crippen LogP contribution in [0.4, 0.5) is 5.13 Å². The van der Waals surface area contributed by atoms with Crippen molar-refractivity contribution in [2.24, 2.45) is 0 Å². The maximum absolute atomic E-state index is 12.0. The van der Waals surface area contributed by atoms with Gasteiger partial charge in [-0.3, -0.25) is 10.1 Å². The minimum absolute atomic E-state index is 0.165.